The highest BCUT2D eigenvalue weighted by Gasteiger charge is 2.21. The summed E-state index contributed by atoms with van der Waals surface area (Å²) >= 11 is 0. The summed E-state index contributed by atoms with van der Waals surface area (Å²) in [5, 5.41) is 0. The predicted molar refractivity (Wildman–Crippen MR) is 124 cm³/mol. The summed E-state index contributed by atoms with van der Waals surface area (Å²) in [6.45, 7) is -0.483. The molecule has 2 aliphatic rings. The summed E-state index contributed by atoms with van der Waals surface area (Å²) in [6, 6.07) is 7.15. The summed E-state index contributed by atoms with van der Waals surface area (Å²) in [5.41, 5.74) is 1.22. The molecule has 2 aliphatic carbocycles. The average molecular weight is 429 g/mol. The monoisotopic (exact) mass is 428 g/mol. The molecule has 0 heterocycles. The Morgan fingerprint density at radius 2 is 1.68 bits per heavy atom. The molecule has 1 aromatic carbocycles. The maximum Gasteiger partial charge on any atom is 0.387 e. The summed E-state index contributed by atoms with van der Waals surface area (Å²) in [7, 11) is 0. The van der Waals surface area contributed by atoms with Crippen LogP contribution in [0.25, 0.3) is 0 Å². The zero-order chi connectivity index (χ0) is 21.9. The number of ether oxygens (including phenoxy) is 1. The van der Waals surface area contributed by atoms with E-state index in [4.69, 9.17) is 0 Å². The number of unbranched alkanes of at least 4 members (excludes halogenated alkanes) is 2. The SMILES string of the molecule is CCCCCC1CCC(/C=C/C#CC2CCC(c3ccc(OC(F)F)cc3)CC2)CC1. The molecule has 0 unspecified atom stereocenters. The Hall–Kier alpha value is -1.82. The van der Waals surface area contributed by atoms with Gasteiger partial charge in [0, 0.05) is 5.92 Å². The molecule has 0 saturated heterocycles. The number of alkyl halides is 2. The Labute approximate surface area is 187 Å². The van der Waals surface area contributed by atoms with E-state index in [9.17, 15) is 8.78 Å². The van der Waals surface area contributed by atoms with Crippen LogP contribution in [0.1, 0.15) is 95.5 Å². The van der Waals surface area contributed by atoms with Crippen molar-refractivity contribution in [3.8, 4) is 17.6 Å². The predicted octanol–water partition coefficient (Wildman–Crippen LogP) is 8.51. The molecule has 3 rings (SSSR count). The first-order valence-electron chi connectivity index (χ1n) is 12.4. The van der Waals surface area contributed by atoms with Crippen molar-refractivity contribution < 1.29 is 13.5 Å². The van der Waals surface area contributed by atoms with E-state index in [-0.39, 0.29) is 5.75 Å². The van der Waals surface area contributed by atoms with Crippen LogP contribution in [-0.2, 0) is 0 Å². The minimum absolute atomic E-state index is 0.232. The molecule has 31 heavy (non-hydrogen) atoms. The van der Waals surface area contributed by atoms with Crippen LogP contribution in [-0.4, -0.2) is 6.61 Å². The van der Waals surface area contributed by atoms with Gasteiger partial charge in [0.25, 0.3) is 0 Å². The van der Waals surface area contributed by atoms with Crippen molar-refractivity contribution in [1.29, 1.82) is 0 Å². The minimum Gasteiger partial charge on any atom is -0.435 e. The second-order valence-corrected chi connectivity index (χ2v) is 9.42. The van der Waals surface area contributed by atoms with Crippen molar-refractivity contribution in [2.24, 2.45) is 17.8 Å². The number of rotatable bonds is 8. The van der Waals surface area contributed by atoms with E-state index in [1.165, 1.54) is 56.9 Å². The standard InChI is InChI=1S/C28H38F2O/c1-2-3-4-7-22-10-12-23(13-11-22)8-5-6-9-24-14-16-25(17-15-24)26-18-20-27(21-19-26)31-28(29)30/h5,8,18-25,28H,2-4,7,10-17H2,1H3/b8-5+. The molecule has 0 amide bonds. The first-order valence-corrected chi connectivity index (χ1v) is 12.4. The number of halogens is 2. The van der Waals surface area contributed by atoms with Crippen LogP contribution in [0.4, 0.5) is 8.78 Å². The second kappa shape index (κ2) is 12.9. The van der Waals surface area contributed by atoms with Gasteiger partial charge in [0.2, 0.25) is 0 Å². The highest BCUT2D eigenvalue weighted by molar-refractivity contribution is 5.30. The van der Waals surface area contributed by atoms with Gasteiger partial charge in [-0.1, -0.05) is 62.7 Å². The van der Waals surface area contributed by atoms with Crippen molar-refractivity contribution in [2.75, 3.05) is 0 Å². The topological polar surface area (TPSA) is 9.23 Å². The van der Waals surface area contributed by atoms with Gasteiger partial charge in [0.05, 0.1) is 0 Å². The van der Waals surface area contributed by atoms with Crippen LogP contribution in [0.2, 0.25) is 0 Å². The Kier molecular flexibility index (Phi) is 9.91. The lowest BCUT2D eigenvalue weighted by molar-refractivity contribution is -0.0498. The normalized spacial score (nSPS) is 26.6. The second-order valence-electron chi connectivity index (χ2n) is 9.42. The zero-order valence-electron chi connectivity index (χ0n) is 19.0. The first-order chi connectivity index (χ1) is 15.1. The van der Waals surface area contributed by atoms with Gasteiger partial charge in [-0.2, -0.15) is 8.78 Å². The van der Waals surface area contributed by atoms with Gasteiger partial charge in [-0.3, -0.25) is 0 Å². The molecule has 0 bridgehead atoms. The van der Waals surface area contributed by atoms with Gasteiger partial charge in [-0.25, -0.2) is 0 Å². The van der Waals surface area contributed by atoms with Gasteiger partial charge >= 0.3 is 6.61 Å². The maximum absolute atomic E-state index is 12.3. The molecule has 1 nitrogen and oxygen atoms in total. The number of hydrogen-bond acceptors (Lipinski definition) is 1. The Morgan fingerprint density at radius 3 is 2.32 bits per heavy atom. The van der Waals surface area contributed by atoms with E-state index >= 15 is 0 Å². The molecular formula is C28H38F2O. The zero-order valence-corrected chi connectivity index (χ0v) is 19.0. The Balaban J connectivity index is 1.35. The lowest BCUT2D eigenvalue weighted by Gasteiger charge is -2.26. The molecule has 2 fully saturated rings. The first kappa shape index (κ1) is 23.8. The third-order valence-electron chi connectivity index (χ3n) is 7.15. The fraction of sp³-hybridized carbons (Fsp3) is 0.643. The molecule has 0 atom stereocenters. The Bertz CT molecular complexity index is 712. The van der Waals surface area contributed by atoms with E-state index < -0.39 is 6.61 Å². The Morgan fingerprint density at radius 1 is 0.968 bits per heavy atom. The van der Waals surface area contributed by atoms with Crippen molar-refractivity contribution in [3.63, 3.8) is 0 Å². The third kappa shape index (κ3) is 8.32. The van der Waals surface area contributed by atoms with Crippen LogP contribution >= 0.6 is 0 Å². The smallest absolute Gasteiger partial charge is 0.387 e. The highest BCUT2D eigenvalue weighted by atomic mass is 19.3. The van der Waals surface area contributed by atoms with Crippen molar-refractivity contribution in [1.82, 2.24) is 0 Å². The maximum atomic E-state index is 12.3. The molecule has 1 aromatic rings. The van der Waals surface area contributed by atoms with E-state index in [2.05, 4.69) is 35.7 Å². The van der Waals surface area contributed by atoms with Gasteiger partial charge in [0.1, 0.15) is 5.75 Å². The lowest BCUT2D eigenvalue weighted by atomic mass is 9.79. The van der Waals surface area contributed by atoms with Gasteiger partial charge in [-0.15, -0.1) is 0 Å². The van der Waals surface area contributed by atoms with Gasteiger partial charge < -0.3 is 4.74 Å². The molecule has 0 aromatic heterocycles. The van der Waals surface area contributed by atoms with Crippen LogP contribution < -0.4 is 4.74 Å². The average Bonchev–Trinajstić information content (AvgIpc) is 2.78. The van der Waals surface area contributed by atoms with Gasteiger partial charge in [-0.05, 0) is 92.9 Å². The summed E-state index contributed by atoms with van der Waals surface area (Å²) in [6.07, 6.45) is 19.9. The summed E-state index contributed by atoms with van der Waals surface area (Å²) in [5.74, 6) is 9.69. The number of allylic oxidation sites excluding steroid dienone is 2. The minimum atomic E-state index is -2.76. The van der Waals surface area contributed by atoms with Crippen LogP contribution in [0.3, 0.4) is 0 Å². The van der Waals surface area contributed by atoms with Gasteiger partial charge in [0.15, 0.2) is 0 Å². The highest BCUT2D eigenvalue weighted by Crippen LogP contribution is 2.36. The molecule has 0 aliphatic heterocycles. The van der Waals surface area contributed by atoms with Crippen molar-refractivity contribution in [3.05, 3.63) is 42.0 Å². The van der Waals surface area contributed by atoms with E-state index in [0.29, 0.717) is 11.8 Å². The molecule has 0 radical (unpaired) electrons. The van der Waals surface area contributed by atoms with Crippen LogP contribution in [0, 0.1) is 29.6 Å². The largest absolute Gasteiger partial charge is 0.435 e. The molecule has 0 spiro atoms. The van der Waals surface area contributed by atoms with E-state index in [1.807, 2.05) is 12.1 Å². The van der Waals surface area contributed by atoms with Crippen molar-refractivity contribution >= 4 is 0 Å². The summed E-state index contributed by atoms with van der Waals surface area (Å²) in [4.78, 5) is 0. The molecule has 170 valence electrons. The van der Waals surface area contributed by atoms with E-state index in [1.54, 1.807) is 12.1 Å². The number of benzene rings is 1. The van der Waals surface area contributed by atoms with Crippen LogP contribution in [0.5, 0.6) is 5.75 Å². The van der Waals surface area contributed by atoms with E-state index in [0.717, 1.165) is 37.5 Å². The molecular weight excluding hydrogens is 390 g/mol. The quantitative estimate of drug-likeness (QED) is 0.298. The fourth-order valence-electron chi connectivity index (χ4n) is 5.20. The molecule has 0 N–H and O–H groups in total. The summed E-state index contributed by atoms with van der Waals surface area (Å²) < 4.78 is 29.0. The molecule has 2 saturated carbocycles. The lowest BCUT2D eigenvalue weighted by Crippen LogP contribution is -2.13. The molecule has 3 heteroatoms. The third-order valence-corrected chi connectivity index (χ3v) is 7.15. The van der Waals surface area contributed by atoms with Crippen molar-refractivity contribution in [2.45, 2.75) is 96.5 Å². The number of hydrogen-bond donors (Lipinski definition) is 0. The van der Waals surface area contributed by atoms with Crippen LogP contribution in [0.15, 0.2) is 36.4 Å². The fourth-order valence-corrected chi connectivity index (χ4v) is 5.20.